The summed E-state index contributed by atoms with van der Waals surface area (Å²) in [5, 5.41) is 3.03. The maximum atomic E-state index is 11.6. The van der Waals surface area contributed by atoms with Gasteiger partial charge in [-0.3, -0.25) is 0 Å². The molecule has 0 rings (SSSR count). The predicted octanol–water partition coefficient (Wildman–Crippen LogP) is 0.741. The smallest absolute Gasteiger partial charge is 0.153 e. The van der Waals surface area contributed by atoms with Gasteiger partial charge in [0.2, 0.25) is 0 Å². The number of rotatable bonds is 9. The number of nitrogens with zero attached hydrogens (tertiary/aromatic N) is 1. The number of sulfone groups is 1. The molecule has 98 valence electrons. The Hall–Kier alpha value is -0.130. The van der Waals surface area contributed by atoms with Crippen LogP contribution in [0.4, 0.5) is 0 Å². The van der Waals surface area contributed by atoms with Gasteiger partial charge in [0.15, 0.2) is 9.84 Å². The van der Waals surface area contributed by atoms with E-state index in [0.29, 0.717) is 6.54 Å². The summed E-state index contributed by atoms with van der Waals surface area (Å²) in [7, 11) is -0.929. The molecule has 0 aromatic carbocycles. The first-order valence-corrected chi connectivity index (χ1v) is 7.72. The Morgan fingerprint density at radius 1 is 1.19 bits per heavy atom. The highest BCUT2D eigenvalue weighted by Crippen LogP contribution is 2.00. The van der Waals surface area contributed by atoms with Crippen molar-refractivity contribution in [3.05, 3.63) is 0 Å². The van der Waals surface area contributed by atoms with Crippen molar-refractivity contribution >= 4 is 9.84 Å². The molecule has 0 aliphatic carbocycles. The molecule has 16 heavy (non-hydrogen) atoms. The second-order valence-electron chi connectivity index (χ2n) is 4.47. The van der Waals surface area contributed by atoms with Gasteiger partial charge in [0.1, 0.15) is 0 Å². The quantitative estimate of drug-likeness (QED) is 0.613. The summed E-state index contributed by atoms with van der Waals surface area (Å²) < 4.78 is 23.1. The third-order valence-corrected chi connectivity index (χ3v) is 4.76. The first kappa shape index (κ1) is 15.9. The van der Waals surface area contributed by atoms with Crippen molar-refractivity contribution in [2.24, 2.45) is 0 Å². The summed E-state index contributed by atoms with van der Waals surface area (Å²) in [5.41, 5.74) is 0. The molecule has 0 aromatic rings. The van der Waals surface area contributed by atoms with Gasteiger partial charge in [-0.25, -0.2) is 8.42 Å². The van der Waals surface area contributed by atoms with Crippen LogP contribution < -0.4 is 5.32 Å². The fraction of sp³-hybridized carbons (Fsp3) is 1.00. The molecule has 5 heteroatoms. The Bertz CT molecular complexity index is 263. The summed E-state index contributed by atoms with van der Waals surface area (Å²) in [6.07, 6.45) is 1.13. The van der Waals surface area contributed by atoms with E-state index in [1.165, 1.54) is 0 Å². The van der Waals surface area contributed by atoms with Gasteiger partial charge >= 0.3 is 0 Å². The molecular formula is C11H26N2O2S. The zero-order chi connectivity index (χ0) is 12.6. The van der Waals surface area contributed by atoms with Gasteiger partial charge in [-0.15, -0.1) is 0 Å². The lowest BCUT2D eigenvalue weighted by atomic mass is 10.4. The average molecular weight is 250 g/mol. The maximum Gasteiger partial charge on any atom is 0.153 e. The van der Waals surface area contributed by atoms with Crippen molar-refractivity contribution in [3.63, 3.8) is 0 Å². The molecular weight excluding hydrogens is 224 g/mol. The molecule has 0 atom stereocenters. The van der Waals surface area contributed by atoms with Gasteiger partial charge in [-0.05, 0) is 33.9 Å². The normalized spacial score (nSPS) is 12.6. The van der Waals surface area contributed by atoms with Crippen LogP contribution in [-0.2, 0) is 9.84 Å². The Labute approximate surface area is 100 Å². The molecule has 0 amide bonds. The topological polar surface area (TPSA) is 49.4 Å². The van der Waals surface area contributed by atoms with Gasteiger partial charge in [0.05, 0.1) is 11.0 Å². The van der Waals surface area contributed by atoms with Crippen LogP contribution in [0.3, 0.4) is 0 Å². The molecule has 0 bridgehead atoms. The van der Waals surface area contributed by atoms with Crippen molar-refractivity contribution in [1.82, 2.24) is 10.2 Å². The van der Waals surface area contributed by atoms with Gasteiger partial charge in [0.25, 0.3) is 0 Å². The van der Waals surface area contributed by atoms with Crippen molar-refractivity contribution in [3.8, 4) is 0 Å². The Morgan fingerprint density at radius 2 is 1.81 bits per heavy atom. The molecule has 0 aliphatic rings. The zero-order valence-electron chi connectivity index (χ0n) is 11.0. The SMILES string of the molecule is CCCNCCN(C)CCS(=O)(=O)C(C)C. The molecule has 1 N–H and O–H groups in total. The fourth-order valence-electron chi connectivity index (χ4n) is 1.20. The summed E-state index contributed by atoms with van der Waals surface area (Å²) >= 11 is 0. The molecule has 0 aliphatic heterocycles. The number of likely N-dealkylation sites (N-methyl/N-ethyl adjacent to an activating group) is 1. The molecule has 0 aromatic heterocycles. The van der Waals surface area contributed by atoms with Crippen LogP contribution in [0.25, 0.3) is 0 Å². The molecule has 0 unspecified atom stereocenters. The van der Waals surface area contributed by atoms with Crippen molar-refractivity contribution in [2.45, 2.75) is 32.4 Å². The lowest BCUT2D eigenvalue weighted by Crippen LogP contribution is -2.34. The van der Waals surface area contributed by atoms with E-state index < -0.39 is 9.84 Å². The van der Waals surface area contributed by atoms with Crippen LogP contribution >= 0.6 is 0 Å². The first-order chi connectivity index (χ1) is 7.40. The number of hydrogen-bond donors (Lipinski definition) is 1. The third kappa shape index (κ3) is 7.19. The highest BCUT2D eigenvalue weighted by atomic mass is 32.2. The van der Waals surface area contributed by atoms with E-state index in [1.807, 2.05) is 7.05 Å². The minimum Gasteiger partial charge on any atom is -0.315 e. The van der Waals surface area contributed by atoms with Crippen molar-refractivity contribution in [1.29, 1.82) is 0 Å². The van der Waals surface area contributed by atoms with Gasteiger partial charge in [0, 0.05) is 19.6 Å². The molecule has 0 saturated heterocycles. The van der Waals surface area contributed by atoms with E-state index >= 15 is 0 Å². The largest absolute Gasteiger partial charge is 0.315 e. The van der Waals surface area contributed by atoms with Crippen LogP contribution in [0.1, 0.15) is 27.2 Å². The van der Waals surface area contributed by atoms with Gasteiger partial charge in [-0.2, -0.15) is 0 Å². The minimum atomic E-state index is -2.89. The van der Waals surface area contributed by atoms with Crippen LogP contribution in [0, 0.1) is 0 Å². The number of hydrogen-bond acceptors (Lipinski definition) is 4. The highest BCUT2D eigenvalue weighted by molar-refractivity contribution is 7.92. The first-order valence-electron chi connectivity index (χ1n) is 6.01. The standard InChI is InChI=1S/C11H26N2O2S/c1-5-6-12-7-8-13(4)9-10-16(14,15)11(2)3/h11-12H,5-10H2,1-4H3. The summed E-state index contributed by atoms with van der Waals surface area (Å²) in [4.78, 5) is 2.06. The Morgan fingerprint density at radius 3 is 2.31 bits per heavy atom. The van der Waals surface area contributed by atoms with E-state index in [9.17, 15) is 8.42 Å². The van der Waals surface area contributed by atoms with E-state index in [-0.39, 0.29) is 11.0 Å². The van der Waals surface area contributed by atoms with E-state index in [0.717, 1.165) is 26.1 Å². The number of nitrogens with one attached hydrogen (secondary N) is 1. The summed E-state index contributed by atoms with van der Waals surface area (Å²) in [6.45, 7) is 9.06. The predicted molar refractivity (Wildman–Crippen MR) is 69.6 cm³/mol. The molecule has 4 nitrogen and oxygen atoms in total. The Balaban J connectivity index is 3.69. The van der Waals surface area contributed by atoms with Crippen LogP contribution in [-0.4, -0.2) is 57.5 Å². The van der Waals surface area contributed by atoms with E-state index in [2.05, 4.69) is 17.1 Å². The van der Waals surface area contributed by atoms with Gasteiger partial charge in [-0.1, -0.05) is 6.92 Å². The lowest BCUT2D eigenvalue weighted by Gasteiger charge is -2.17. The molecule has 0 radical (unpaired) electrons. The third-order valence-electron chi connectivity index (χ3n) is 2.57. The second-order valence-corrected chi connectivity index (χ2v) is 7.15. The summed E-state index contributed by atoms with van der Waals surface area (Å²) in [6, 6.07) is 0. The monoisotopic (exact) mass is 250 g/mol. The van der Waals surface area contributed by atoms with E-state index in [1.54, 1.807) is 13.8 Å². The molecule has 0 heterocycles. The van der Waals surface area contributed by atoms with Crippen molar-refractivity contribution < 1.29 is 8.42 Å². The molecule has 0 saturated carbocycles. The fourth-order valence-corrected chi connectivity index (χ4v) is 2.24. The zero-order valence-corrected chi connectivity index (χ0v) is 11.8. The van der Waals surface area contributed by atoms with Crippen LogP contribution in [0.5, 0.6) is 0 Å². The second kappa shape index (κ2) is 8.03. The van der Waals surface area contributed by atoms with Crippen molar-refractivity contribution in [2.75, 3.05) is 39.0 Å². The minimum absolute atomic E-state index is 0.259. The average Bonchev–Trinajstić information content (AvgIpc) is 2.21. The van der Waals surface area contributed by atoms with Crippen LogP contribution in [0.2, 0.25) is 0 Å². The van der Waals surface area contributed by atoms with E-state index in [4.69, 9.17) is 0 Å². The maximum absolute atomic E-state index is 11.6. The van der Waals surface area contributed by atoms with Gasteiger partial charge < -0.3 is 10.2 Å². The Kier molecular flexibility index (Phi) is 7.97. The molecule has 0 spiro atoms. The highest BCUT2D eigenvalue weighted by Gasteiger charge is 2.16. The van der Waals surface area contributed by atoms with Crippen LogP contribution in [0.15, 0.2) is 0 Å². The summed E-state index contributed by atoms with van der Waals surface area (Å²) in [5.74, 6) is 0.259. The molecule has 0 fully saturated rings. The lowest BCUT2D eigenvalue weighted by molar-refractivity contribution is 0.349.